The van der Waals surface area contributed by atoms with Gasteiger partial charge in [-0.05, 0) is 24.1 Å². The first-order valence-electron chi connectivity index (χ1n) is 7.21. The molecule has 0 aliphatic carbocycles. The molecule has 0 atom stereocenters. The predicted octanol–water partition coefficient (Wildman–Crippen LogP) is -1.40. The fourth-order valence-corrected chi connectivity index (χ4v) is 2.46. The highest BCUT2D eigenvalue weighted by atomic mass is 16.2. The minimum atomic E-state index is 0.124. The maximum absolute atomic E-state index is 12.0. The Morgan fingerprint density at radius 2 is 1.79 bits per heavy atom. The molecule has 4 nitrogen and oxygen atoms in total. The summed E-state index contributed by atoms with van der Waals surface area (Å²) < 4.78 is 0. The lowest BCUT2D eigenvalue weighted by Crippen LogP contribution is -3.27. The second kappa shape index (κ2) is 6.68. The first-order chi connectivity index (χ1) is 9.17. The van der Waals surface area contributed by atoms with E-state index in [0.717, 1.165) is 38.3 Å². The van der Waals surface area contributed by atoms with Crippen LogP contribution in [-0.4, -0.2) is 45.7 Å². The molecule has 1 aromatic carbocycles. The Bertz CT molecular complexity index is 408. The van der Waals surface area contributed by atoms with Gasteiger partial charge < -0.3 is 15.1 Å². The molecule has 4 heteroatoms. The van der Waals surface area contributed by atoms with Gasteiger partial charge in [0.25, 0.3) is 5.91 Å². The van der Waals surface area contributed by atoms with E-state index in [0.29, 0.717) is 6.54 Å². The number of carbonyl (C=O) groups is 1. The van der Waals surface area contributed by atoms with Crippen LogP contribution in [0.3, 0.4) is 0 Å². The number of aryl methyl sites for hydroxylation is 1. The molecule has 0 aromatic heterocycles. The van der Waals surface area contributed by atoms with E-state index in [1.165, 1.54) is 10.5 Å². The predicted molar refractivity (Wildman–Crippen MR) is 76.6 cm³/mol. The molecule has 1 heterocycles. The number of amides is 1. The number of anilines is 1. The summed E-state index contributed by atoms with van der Waals surface area (Å²) in [6.45, 7) is 7.22. The van der Waals surface area contributed by atoms with Crippen molar-refractivity contribution in [3.05, 3.63) is 29.8 Å². The number of quaternary nitrogens is 2. The van der Waals surface area contributed by atoms with Crippen LogP contribution in [0.15, 0.2) is 24.3 Å². The maximum Gasteiger partial charge on any atom is 0.279 e. The van der Waals surface area contributed by atoms with E-state index in [-0.39, 0.29) is 5.91 Å². The van der Waals surface area contributed by atoms with Crippen molar-refractivity contribution in [3.63, 3.8) is 0 Å². The van der Waals surface area contributed by atoms with Gasteiger partial charge in [-0.2, -0.15) is 0 Å². The molecule has 0 spiro atoms. The molecular weight excluding hydrogens is 238 g/mol. The highest BCUT2D eigenvalue weighted by Crippen LogP contribution is 2.09. The second-order valence-corrected chi connectivity index (χ2v) is 5.48. The number of piperazine rings is 1. The summed E-state index contributed by atoms with van der Waals surface area (Å²) in [6.07, 6.45) is 1.03. The third-order valence-electron chi connectivity index (χ3n) is 3.87. The smallest absolute Gasteiger partial charge is 0.279 e. The summed E-state index contributed by atoms with van der Waals surface area (Å²) in [5, 5.41) is 2.99. The van der Waals surface area contributed by atoms with Gasteiger partial charge in [-0.25, -0.2) is 0 Å². The standard InChI is InChI=1S/C15H23N3O/c1-3-13-4-6-14(7-5-13)16-15(19)12-18-10-8-17(2)9-11-18/h4-7H,3,8-12H2,1-2H3,(H,16,19)/p+2. The Labute approximate surface area is 115 Å². The number of hydrogen-bond acceptors (Lipinski definition) is 1. The molecule has 1 amide bonds. The lowest BCUT2D eigenvalue weighted by Gasteiger charge is -2.26. The van der Waals surface area contributed by atoms with Gasteiger partial charge in [0, 0.05) is 5.69 Å². The first kappa shape index (κ1) is 14.0. The van der Waals surface area contributed by atoms with E-state index >= 15 is 0 Å². The van der Waals surface area contributed by atoms with Crippen LogP contribution >= 0.6 is 0 Å². The number of hydrogen-bond donors (Lipinski definition) is 3. The van der Waals surface area contributed by atoms with Crippen molar-refractivity contribution < 1.29 is 14.6 Å². The Morgan fingerprint density at radius 1 is 1.16 bits per heavy atom. The summed E-state index contributed by atoms with van der Waals surface area (Å²) in [6, 6.07) is 8.11. The zero-order valence-electron chi connectivity index (χ0n) is 12.0. The van der Waals surface area contributed by atoms with Gasteiger partial charge in [0.1, 0.15) is 26.2 Å². The fraction of sp³-hybridized carbons (Fsp3) is 0.533. The fourth-order valence-electron chi connectivity index (χ4n) is 2.46. The zero-order valence-corrected chi connectivity index (χ0v) is 12.0. The number of likely N-dealkylation sites (N-methyl/N-ethyl adjacent to an activating group) is 1. The van der Waals surface area contributed by atoms with Crippen LogP contribution in [0.4, 0.5) is 5.69 Å². The van der Waals surface area contributed by atoms with Crippen LogP contribution in [0.2, 0.25) is 0 Å². The minimum absolute atomic E-state index is 0.124. The Morgan fingerprint density at radius 3 is 2.37 bits per heavy atom. The SMILES string of the molecule is CCc1ccc(NC(=O)C[NH+]2CC[NH+](C)CC2)cc1. The summed E-state index contributed by atoms with van der Waals surface area (Å²) >= 11 is 0. The molecule has 1 saturated heterocycles. The van der Waals surface area contributed by atoms with E-state index < -0.39 is 0 Å². The van der Waals surface area contributed by atoms with Gasteiger partial charge in [-0.15, -0.1) is 0 Å². The average molecular weight is 263 g/mol. The van der Waals surface area contributed by atoms with Gasteiger partial charge in [0.2, 0.25) is 0 Å². The van der Waals surface area contributed by atoms with Crippen LogP contribution < -0.4 is 15.1 Å². The molecule has 3 N–H and O–H groups in total. The van der Waals surface area contributed by atoms with Crippen molar-refractivity contribution in [1.82, 2.24) is 0 Å². The average Bonchev–Trinajstić information content (AvgIpc) is 2.42. The zero-order chi connectivity index (χ0) is 13.7. The molecule has 19 heavy (non-hydrogen) atoms. The number of rotatable bonds is 4. The van der Waals surface area contributed by atoms with Crippen LogP contribution in [0, 0.1) is 0 Å². The third-order valence-corrected chi connectivity index (χ3v) is 3.87. The molecule has 0 bridgehead atoms. The van der Waals surface area contributed by atoms with Gasteiger partial charge in [-0.3, -0.25) is 4.79 Å². The summed E-state index contributed by atoms with van der Waals surface area (Å²) in [5.41, 5.74) is 2.20. The van der Waals surface area contributed by atoms with E-state index in [4.69, 9.17) is 0 Å². The van der Waals surface area contributed by atoms with E-state index in [9.17, 15) is 4.79 Å². The summed E-state index contributed by atoms with van der Waals surface area (Å²) in [5.74, 6) is 0.124. The molecule has 0 radical (unpaired) electrons. The molecule has 1 aromatic rings. The minimum Gasteiger partial charge on any atom is -0.328 e. The van der Waals surface area contributed by atoms with Gasteiger partial charge >= 0.3 is 0 Å². The van der Waals surface area contributed by atoms with Crippen LogP contribution in [-0.2, 0) is 11.2 Å². The van der Waals surface area contributed by atoms with Crippen molar-refractivity contribution in [1.29, 1.82) is 0 Å². The van der Waals surface area contributed by atoms with Crippen molar-refractivity contribution in [2.75, 3.05) is 45.1 Å². The first-order valence-corrected chi connectivity index (χ1v) is 7.21. The normalized spacial score (nSPS) is 23.1. The molecular formula is C15H25N3O+2. The third kappa shape index (κ3) is 4.33. The van der Waals surface area contributed by atoms with E-state index in [2.05, 4.69) is 31.4 Å². The second-order valence-electron chi connectivity index (χ2n) is 5.48. The number of carbonyl (C=O) groups excluding carboxylic acids is 1. The molecule has 1 aliphatic heterocycles. The van der Waals surface area contributed by atoms with Crippen LogP contribution in [0.25, 0.3) is 0 Å². The maximum atomic E-state index is 12.0. The van der Waals surface area contributed by atoms with Crippen molar-refractivity contribution in [2.45, 2.75) is 13.3 Å². The van der Waals surface area contributed by atoms with Gasteiger partial charge in [0.15, 0.2) is 6.54 Å². The lowest BCUT2D eigenvalue weighted by atomic mass is 10.1. The Balaban J connectivity index is 1.80. The molecule has 104 valence electrons. The summed E-state index contributed by atoms with van der Waals surface area (Å²) in [7, 11) is 2.21. The molecule has 0 saturated carbocycles. The molecule has 0 unspecified atom stereocenters. The summed E-state index contributed by atoms with van der Waals surface area (Å²) in [4.78, 5) is 14.9. The van der Waals surface area contributed by atoms with Crippen LogP contribution in [0.5, 0.6) is 0 Å². The van der Waals surface area contributed by atoms with Crippen molar-refractivity contribution >= 4 is 11.6 Å². The van der Waals surface area contributed by atoms with Crippen molar-refractivity contribution in [2.24, 2.45) is 0 Å². The number of nitrogens with one attached hydrogen (secondary N) is 3. The quantitative estimate of drug-likeness (QED) is 0.614. The largest absolute Gasteiger partial charge is 0.328 e. The highest BCUT2D eigenvalue weighted by Gasteiger charge is 2.22. The molecule has 1 fully saturated rings. The topological polar surface area (TPSA) is 38.0 Å². The van der Waals surface area contributed by atoms with Gasteiger partial charge in [-0.1, -0.05) is 19.1 Å². The lowest BCUT2D eigenvalue weighted by molar-refractivity contribution is -0.999. The Kier molecular flexibility index (Phi) is 4.93. The van der Waals surface area contributed by atoms with Gasteiger partial charge in [0.05, 0.1) is 7.05 Å². The Hall–Kier alpha value is -1.39. The number of benzene rings is 1. The molecule has 1 aliphatic rings. The van der Waals surface area contributed by atoms with Crippen molar-refractivity contribution in [3.8, 4) is 0 Å². The van der Waals surface area contributed by atoms with E-state index in [1.807, 2.05) is 12.1 Å². The monoisotopic (exact) mass is 263 g/mol. The van der Waals surface area contributed by atoms with E-state index in [1.54, 1.807) is 4.90 Å². The van der Waals surface area contributed by atoms with Crippen LogP contribution in [0.1, 0.15) is 12.5 Å². The highest BCUT2D eigenvalue weighted by molar-refractivity contribution is 5.91. The molecule has 2 rings (SSSR count).